The fraction of sp³-hybridized carbons (Fsp3) is 0.273. The van der Waals surface area contributed by atoms with E-state index in [1.54, 1.807) is 13.2 Å². The molecular formula is C11H11NO4. The van der Waals surface area contributed by atoms with Gasteiger partial charge in [0.1, 0.15) is 5.52 Å². The fourth-order valence-corrected chi connectivity index (χ4v) is 1.40. The summed E-state index contributed by atoms with van der Waals surface area (Å²) in [5.74, 6) is -0.414. The minimum absolute atomic E-state index is 0.207. The van der Waals surface area contributed by atoms with E-state index < -0.39 is 5.97 Å². The van der Waals surface area contributed by atoms with Gasteiger partial charge in [0.25, 0.3) is 0 Å². The molecule has 2 rings (SSSR count). The second kappa shape index (κ2) is 4.32. The topological polar surface area (TPSA) is 72.6 Å². The van der Waals surface area contributed by atoms with Crippen molar-refractivity contribution >= 4 is 17.1 Å². The van der Waals surface area contributed by atoms with Gasteiger partial charge in [-0.3, -0.25) is 0 Å². The third-order valence-electron chi connectivity index (χ3n) is 2.20. The van der Waals surface area contributed by atoms with Crippen molar-refractivity contribution in [2.75, 3.05) is 13.7 Å². The SMILES string of the molecule is COCCc1nc2cc(C(=O)O)ccc2o1. The number of hydrogen-bond acceptors (Lipinski definition) is 4. The minimum atomic E-state index is -0.969. The number of carboxylic acids is 1. The van der Waals surface area contributed by atoms with Crippen LogP contribution in [0.3, 0.4) is 0 Å². The quantitative estimate of drug-likeness (QED) is 0.850. The van der Waals surface area contributed by atoms with E-state index in [0.29, 0.717) is 30.0 Å². The maximum absolute atomic E-state index is 10.7. The zero-order chi connectivity index (χ0) is 11.5. The zero-order valence-corrected chi connectivity index (χ0v) is 8.77. The molecule has 1 aromatic heterocycles. The lowest BCUT2D eigenvalue weighted by molar-refractivity contribution is 0.0697. The van der Waals surface area contributed by atoms with Crippen LogP contribution in [0.2, 0.25) is 0 Å². The Kier molecular flexibility index (Phi) is 2.87. The van der Waals surface area contributed by atoms with E-state index in [2.05, 4.69) is 4.98 Å². The molecule has 0 unspecified atom stereocenters. The highest BCUT2D eigenvalue weighted by atomic mass is 16.5. The number of carboxylic acid groups (broad SMARTS) is 1. The maximum atomic E-state index is 10.7. The average Bonchev–Trinajstić information content (AvgIpc) is 2.67. The fourth-order valence-electron chi connectivity index (χ4n) is 1.40. The predicted octanol–water partition coefficient (Wildman–Crippen LogP) is 1.71. The molecule has 2 aromatic rings. The molecule has 0 radical (unpaired) electrons. The number of benzene rings is 1. The highest BCUT2D eigenvalue weighted by Crippen LogP contribution is 2.17. The van der Waals surface area contributed by atoms with E-state index in [4.69, 9.17) is 14.3 Å². The van der Waals surface area contributed by atoms with Crippen molar-refractivity contribution in [3.63, 3.8) is 0 Å². The first-order valence-corrected chi connectivity index (χ1v) is 4.82. The smallest absolute Gasteiger partial charge is 0.335 e. The van der Waals surface area contributed by atoms with Crippen LogP contribution in [-0.4, -0.2) is 29.8 Å². The molecular weight excluding hydrogens is 210 g/mol. The zero-order valence-electron chi connectivity index (χ0n) is 8.77. The Morgan fingerprint density at radius 2 is 2.38 bits per heavy atom. The number of hydrogen-bond donors (Lipinski definition) is 1. The average molecular weight is 221 g/mol. The van der Waals surface area contributed by atoms with Gasteiger partial charge in [-0.15, -0.1) is 0 Å². The van der Waals surface area contributed by atoms with Crippen molar-refractivity contribution < 1.29 is 19.1 Å². The molecule has 0 fully saturated rings. The molecule has 1 N–H and O–H groups in total. The summed E-state index contributed by atoms with van der Waals surface area (Å²) in [4.78, 5) is 14.9. The third-order valence-corrected chi connectivity index (χ3v) is 2.20. The van der Waals surface area contributed by atoms with Crippen molar-refractivity contribution in [3.05, 3.63) is 29.7 Å². The van der Waals surface area contributed by atoms with Crippen molar-refractivity contribution in [3.8, 4) is 0 Å². The molecule has 5 nitrogen and oxygen atoms in total. The van der Waals surface area contributed by atoms with E-state index in [1.807, 2.05) is 0 Å². The Labute approximate surface area is 91.7 Å². The molecule has 5 heteroatoms. The molecule has 1 aromatic carbocycles. The first kappa shape index (κ1) is 10.6. The molecule has 0 saturated heterocycles. The second-order valence-electron chi connectivity index (χ2n) is 3.34. The lowest BCUT2D eigenvalue weighted by Crippen LogP contribution is -1.95. The lowest BCUT2D eigenvalue weighted by Gasteiger charge is -1.91. The largest absolute Gasteiger partial charge is 0.478 e. The monoisotopic (exact) mass is 221 g/mol. The van der Waals surface area contributed by atoms with Crippen LogP contribution in [0.15, 0.2) is 22.6 Å². The van der Waals surface area contributed by atoms with E-state index in [9.17, 15) is 4.79 Å². The van der Waals surface area contributed by atoms with Crippen LogP contribution in [-0.2, 0) is 11.2 Å². The van der Waals surface area contributed by atoms with Gasteiger partial charge in [-0.1, -0.05) is 0 Å². The van der Waals surface area contributed by atoms with Crippen molar-refractivity contribution in [1.29, 1.82) is 0 Å². The maximum Gasteiger partial charge on any atom is 0.335 e. The van der Waals surface area contributed by atoms with Gasteiger partial charge in [-0.25, -0.2) is 9.78 Å². The molecule has 84 valence electrons. The van der Waals surface area contributed by atoms with E-state index >= 15 is 0 Å². The molecule has 16 heavy (non-hydrogen) atoms. The Hall–Kier alpha value is -1.88. The normalized spacial score (nSPS) is 10.8. The van der Waals surface area contributed by atoms with Gasteiger partial charge in [0, 0.05) is 13.5 Å². The summed E-state index contributed by atoms with van der Waals surface area (Å²) in [7, 11) is 1.60. The van der Waals surface area contributed by atoms with Gasteiger partial charge in [-0.2, -0.15) is 0 Å². The number of aromatic carboxylic acids is 1. The highest BCUT2D eigenvalue weighted by Gasteiger charge is 2.09. The van der Waals surface area contributed by atoms with Crippen molar-refractivity contribution in [2.24, 2.45) is 0 Å². The summed E-state index contributed by atoms with van der Waals surface area (Å²) in [5, 5.41) is 8.81. The molecule has 0 aliphatic carbocycles. The van der Waals surface area contributed by atoms with Crippen LogP contribution in [0.1, 0.15) is 16.2 Å². The predicted molar refractivity (Wildman–Crippen MR) is 56.5 cm³/mol. The summed E-state index contributed by atoms with van der Waals surface area (Å²) < 4.78 is 10.3. The van der Waals surface area contributed by atoms with Crippen LogP contribution in [0.25, 0.3) is 11.1 Å². The Balaban J connectivity index is 2.34. The van der Waals surface area contributed by atoms with Crippen LogP contribution < -0.4 is 0 Å². The number of nitrogens with zero attached hydrogens (tertiary/aromatic N) is 1. The van der Waals surface area contributed by atoms with Gasteiger partial charge < -0.3 is 14.3 Å². The number of methoxy groups -OCH3 is 1. The standard InChI is InChI=1S/C11H11NO4/c1-15-5-4-10-12-8-6-7(11(13)14)2-3-9(8)16-10/h2-3,6H,4-5H2,1H3,(H,13,14). The Morgan fingerprint density at radius 3 is 3.06 bits per heavy atom. The first-order chi connectivity index (χ1) is 7.70. The summed E-state index contributed by atoms with van der Waals surface area (Å²) in [6.07, 6.45) is 0.577. The van der Waals surface area contributed by atoms with Gasteiger partial charge >= 0.3 is 5.97 Å². The molecule has 0 bridgehead atoms. The van der Waals surface area contributed by atoms with Gasteiger partial charge in [0.2, 0.25) is 0 Å². The Bertz CT molecular complexity index is 518. The van der Waals surface area contributed by atoms with Gasteiger partial charge in [-0.05, 0) is 18.2 Å². The van der Waals surface area contributed by atoms with Crippen molar-refractivity contribution in [1.82, 2.24) is 4.98 Å². The van der Waals surface area contributed by atoms with Crippen LogP contribution in [0, 0.1) is 0 Å². The van der Waals surface area contributed by atoms with Gasteiger partial charge in [0.05, 0.1) is 12.2 Å². The number of ether oxygens (including phenoxy) is 1. The summed E-state index contributed by atoms with van der Waals surface area (Å²) >= 11 is 0. The number of oxazole rings is 1. The number of rotatable bonds is 4. The van der Waals surface area contributed by atoms with E-state index in [0.717, 1.165) is 0 Å². The van der Waals surface area contributed by atoms with Crippen LogP contribution >= 0.6 is 0 Å². The molecule has 0 saturated carbocycles. The molecule has 0 aliphatic rings. The van der Waals surface area contributed by atoms with E-state index in [1.165, 1.54) is 12.1 Å². The first-order valence-electron chi connectivity index (χ1n) is 4.82. The van der Waals surface area contributed by atoms with E-state index in [-0.39, 0.29) is 5.56 Å². The number of fused-ring (bicyclic) bond motifs is 1. The lowest BCUT2D eigenvalue weighted by atomic mass is 10.2. The Morgan fingerprint density at radius 1 is 1.56 bits per heavy atom. The highest BCUT2D eigenvalue weighted by molar-refractivity contribution is 5.91. The molecule has 0 amide bonds. The van der Waals surface area contributed by atoms with Gasteiger partial charge in [0.15, 0.2) is 11.5 Å². The van der Waals surface area contributed by atoms with Crippen molar-refractivity contribution in [2.45, 2.75) is 6.42 Å². The van der Waals surface area contributed by atoms with Crippen LogP contribution in [0.4, 0.5) is 0 Å². The summed E-state index contributed by atoms with van der Waals surface area (Å²) in [5.41, 5.74) is 1.36. The summed E-state index contributed by atoms with van der Waals surface area (Å²) in [6, 6.07) is 4.61. The van der Waals surface area contributed by atoms with Crippen LogP contribution in [0.5, 0.6) is 0 Å². The third kappa shape index (κ3) is 2.04. The number of aromatic nitrogens is 1. The molecule has 0 atom stereocenters. The number of carbonyl (C=O) groups is 1. The second-order valence-corrected chi connectivity index (χ2v) is 3.34. The minimum Gasteiger partial charge on any atom is -0.478 e. The molecule has 0 aliphatic heterocycles. The molecule has 1 heterocycles. The molecule has 0 spiro atoms. The summed E-state index contributed by atoms with van der Waals surface area (Å²) in [6.45, 7) is 0.526.